The monoisotopic (exact) mass is 305 g/mol. The van der Waals surface area contributed by atoms with Crippen LogP contribution in [0.1, 0.15) is 23.4 Å². The summed E-state index contributed by atoms with van der Waals surface area (Å²) in [4.78, 5) is 3.22. The number of hydrogen-bond donors (Lipinski definition) is 1. The van der Waals surface area contributed by atoms with E-state index in [2.05, 4.69) is 20.9 Å². The van der Waals surface area contributed by atoms with Crippen molar-refractivity contribution < 1.29 is 27.1 Å². The maximum absolute atomic E-state index is 12.4. The molecule has 0 aliphatic rings. The van der Waals surface area contributed by atoms with Crippen molar-refractivity contribution in [2.45, 2.75) is 19.2 Å². The summed E-state index contributed by atoms with van der Waals surface area (Å²) in [6.07, 6.45) is -7.91. The van der Waals surface area contributed by atoms with Gasteiger partial charge in [0.05, 0.1) is 22.3 Å². The van der Waals surface area contributed by atoms with Crippen LogP contribution in [0.5, 0.6) is 0 Å². The molecule has 0 aliphatic carbocycles. The fourth-order valence-corrected chi connectivity index (χ4v) is 1.58. The van der Waals surface area contributed by atoms with Crippen molar-refractivity contribution >= 4 is 15.9 Å². The van der Waals surface area contributed by atoms with Crippen molar-refractivity contribution in [3.8, 4) is 0 Å². The van der Waals surface area contributed by atoms with Crippen LogP contribution < -0.4 is 0 Å². The van der Waals surface area contributed by atoms with Gasteiger partial charge < -0.3 is 5.11 Å². The summed E-state index contributed by atoms with van der Waals surface area (Å²) >= 11 is 2.57. The molecule has 0 bridgehead atoms. The van der Waals surface area contributed by atoms with Crippen LogP contribution in [-0.2, 0) is 12.8 Å². The van der Waals surface area contributed by atoms with E-state index in [-0.39, 0.29) is 6.07 Å². The van der Waals surface area contributed by atoms with Gasteiger partial charge in [0.15, 0.2) is 0 Å². The van der Waals surface area contributed by atoms with Crippen molar-refractivity contribution in [3.63, 3.8) is 0 Å². The highest BCUT2D eigenvalue weighted by Crippen LogP contribution is 2.37. The Hall–Kier alpha value is -0.760. The van der Waals surface area contributed by atoms with Gasteiger partial charge in [-0.1, -0.05) is 0 Å². The summed E-state index contributed by atoms with van der Waals surface area (Å²) in [7, 11) is 0. The Morgan fingerprint density at radius 3 is 2.31 bits per heavy atom. The molecule has 0 saturated carbocycles. The lowest BCUT2D eigenvalue weighted by Crippen LogP contribution is -2.11. The van der Waals surface area contributed by atoms with E-state index >= 15 is 0 Å². The van der Waals surface area contributed by atoms with E-state index in [4.69, 9.17) is 5.11 Å². The fraction of sp³-hybridized carbons (Fsp3) is 0.375. The van der Waals surface area contributed by atoms with E-state index in [9.17, 15) is 22.0 Å². The number of nitrogens with zero attached hydrogens (tertiary/aromatic N) is 1. The van der Waals surface area contributed by atoms with Crippen molar-refractivity contribution in [1.29, 1.82) is 0 Å². The van der Waals surface area contributed by atoms with Gasteiger partial charge in [0.25, 0.3) is 6.43 Å². The first kappa shape index (κ1) is 13.3. The molecule has 0 amide bonds. The number of rotatable bonds is 2. The Balaban J connectivity index is 3.42. The van der Waals surface area contributed by atoms with Gasteiger partial charge in [0.1, 0.15) is 5.69 Å². The first-order chi connectivity index (χ1) is 7.27. The smallest absolute Gasteiger partial charge is 0.390 e. The van der Waals surface area contributed by atoms with Crippen molar-refractivity contribution in [1.82, 2.24) is 4.98 Å². The molecule has 2 nitrogen and oxygen atoms in total. The molecule has 1 aromatic heterocycles. The molecular formula is C8H5BrF5NO. The zero-order valence-corrected chi connectivity index (χ0v) is 9.11. The minimum atomic E-state index is -4.78. The van der Waals surface area contributed by atoms with Gasteiger partial charge in [-0.2, -0.15) is 13.2 Å². The molecule has 0 aliphatic heterocycles. The van der Waals surface area contributed by atoms with E-state index in [1.165, 1.54) is 0 Å². The van der Waals surface area contributed by atoms with E-state index in [1.807, 2.05) is 0 Å². The second kappa shape index (κ2) is 4.62. The molecule has 90 valence electrons. The first-order valence-electron chi connectivity index (χ1n) is 3.93. The Morgan fingerprint density at radius 2 is 1.94 bits per heavy atom. The number of aliphatic hydroxyl groups excluding tert-OH is 1. The predicted octanol–water partition coefficient (Wildman–Crippen LogP) is 3.29. The van der Waals surface area contributed by atoms with Crippen LogP contribution in [0.4, 0.5) is 22.0 Å². The zero-order valence-electron chi connectivity index (χ0n) is 7.52. The second-order valence-electron chi connectivity index (χ2n) is 2.81. The molecule has 0 unspecified atom stereocenters. The van der Waals surface area contributed by atoms with Crippen molar-refractivity contribution in [3.05, 3.63) is 27.5 Å². The molecule has 1 rings (SSSR count). The lowest BCUT2D eigenvalue weighted by molar-refractivity contribution is -0.138. The topological polar surface area (TPSA) is 33.1 Å². The van der Waals surface area contributed by atoms with Gasteiger partial charge in [-0.15, -0.1) is 0 Å². The van der Waals surface area contributed by atoms with Gasteiger partial charge in [-0.25, -0.2) is 13.8 Å². The number of alkyl halides is 5. The fourth-order valence-electron chi connectivity index (χ4n) is 1.03. The summed E-state index contributed by atoms with van der Waals surface area (Å²) in [5, 5.41) is 8.71. The first-order valence-corrected chi connectivity index (χ1v) is 4.72. The highest BCUT2D eigenvalue weighted by atomic mass is 79.9. The SMILES string of the molecule is OCc1nc(C(F)F)cc(C(F)(F)F)c1Br. The van der Waals surface area contributed by atoms with Gasteiger partial charge in [0, 0.05) is 0 Å². The Labute approximate surface area is 95.2 Å². The number of pyridine rings is 1. The molecular weight excluding hydrogens is 301 g/mol. The van der Waals surface area contributed by atoms with Crippen LogP contribution >= 0.6 is 15.9 Å². The Bertz CT molecular complexity index is 393. The zero-order chi connectivity index (χ0) is 12.5. The van der Waals surface area contributed by atoms with Gasteiger partial charge in [-0.3, -0.25) is 0 Å². The number of aliphatic hydroxyl groups is 1. The summed E-state index contributed by atoms with van der Waals surface area (Å²) in [6.45, 7) is -0.857. The molecule has 0 spiro atoms. The van der Waals surface area contributed by atoms with Gasteiger partial charge in [0.2, 0.25) is 0 Å². The van der Waals surface area contributed by atoms with Crippen molar-refractivity contribution in [2.75, 3.05) is 0 Å². The average Bonchev–Trinajstić information content (AvgIpc) is 2.15. The largest absolute Gasteiger partial charge is 0.417 e. The summed E-state index contributed by atoms with van der Waals surface area (Å²) in [5.74, 6) is 0. The third-order valence-electron chi connectivity index (χ3n) is 1.72. The molecule has 1 heterocycles. The van der Waals surface area contributed by atoms with E-state index < -0.39 is 40.6 Å². The van der Waals surface area contributed by atoms with Crippen LogP contribution in [-0.4, -0.2) is 10.1 Å². The minimum absolute atomic E-state index is 0.258. The van der Waals surface area contributed by atoms with Crippen LogP contribution in [0.15, 0.2) is 10.5 Å². The minimum Gasteiger partial charge on any atom is -0.390 e. The highest BCUT2D eigenvalue weighted by molar-refractivity contribution is 9.10. The molecule has 1 N–H and O–H groups in total. The molecule has 0 fully saturated rings. The molecule has 0 saturated heterocycles. The van der Waals surface area contributed by atoms with Crippen molar-refractivity contribution in [2.24, 2.45) is 0 Å². The average molecular weight is 306 g/mol. The third-order valence-corrected chi connectivity index (χ3v) is 2.61. The molecule has 0 radical (unpaired) electrons. The molecule has 0 atom stereocenters. The van der Waals surface area contributed by atoms with Gasteiger partial charge >= 0.3 is 6.18 Å². The number of aromatic nitrogens is 1. The van der Waals surface area contributed by atoms with E-state index in [1.54, 1.807) is 0 Å². The standard InChI is InChI=1S/C8H5BrF5NO/c9-6-3(8(12,13)14)1-4(7(10)11)15-5(6)2-16/h1,7,16H,2H2. The molecule has 8 heteroatoms. The summed E-state index contributed by atoms with van der Waals surface area (Å²) in [5.41, 5.74) is -2.76. The second-order valence-corrected chi connectivity index (χ2v) is 3.60. The molecule has 16 heavy (non-hydrogen) atoms. The maximum atomic E-state index is 12.4. The quantitative estimate of drug-likeness (QED) is 0.851. The third kappa shape index (κ3) is 2.67. The number of hydrogen-bond acceptors (Lipinski definition) is 2. The normalized spacial score (nSPS) is 12.2. The molecule has 0 aromatic carbocycles. The summed E-state index contributed by atoms with van der Waals surface area (Å²) < 4.78 is 61.3. The Kier molecular flexibility index (Phi) is 3.84. The van der Waals surface area contributed by atoms with E-state index in [0.29, 0.717) is 0 Å². The van der Waals surface area contributed by atoms with Crippen LogP contribution in [0.25, 0.3) is 0 Å². The lowest BCUT2D eigenvalue weighted by atomic mass is 10.2. The predicted molar refractivity (Wildman–Crippen MR) is 47.8 cm³/mol. The van der Waals surface area contributed by atoms with Crippen LogP contribution in [0.2, 0.25) is 0 Å². The highest BCUT2D eigenvalue weighted by Gasteiger charge is 2.35. The Morgan fingerprint density at radius 1 is 1.38 bits per heavy atom. The van der Waals surface area contributed by atoms with Gasteiger partial charge in [-0.05, 0) is 22.0 Å². The number of halogens is 6. The lowest BCUT2D eigenvalue weighted by Gasteiger charge is -2.13. The summed E-state index contributed by atoms with van der Waals surface area (Å²) in [6, 6.07) is 0.258. The molecule has 1 aromatic rings. The van der Waals surface area contributed by atoms with Crippen LogP contribution in [0, 0.1) is 0 Å². The van der Waals surface area contributed by atoms with E-state index in [0.717, 1.165) is 0 Å². The van der Waals surface area contributed by atoms with Crippen LogP contribution in [0.3, 0.4) is 0 Å². The maximum Gasteiger partial charge on any atom is 0.417 e.